The Bertz CT molecular complexity index is 268. The number of hydrogen-bond acceptors (Lipinski definition) is 1. The van der Waals surface area contributed by atoms with E-state index in [9.17, 15) is 0 Å². The second-order valence-electron chi connectivity index (χ2n) is 4.82. The van der Waals surface area contributed by atoms with Crippen molar-refractivity contribution in [1.82, 2.24) is 0 Å². The second kappa shape index (κ2) is 9.09. The van der Waals surface area contributed by atoms with Gasteiger partial charge >= 0.3 is 0 Å². The molecule has 17 heavy (non-hydrogen) atoms. The molecule has 0 aliphatic carbocycles. The Morgan fingerprint density at radius 1 is 0.941 bits per heavy atom. The molecule has 0 aliphatic heterocycles. The Balaban J connectivity index is 2.20. The lowest BCUT2D eigenvalue weighted by molar-refractivity contribution is 0.551. The van der Waals surface area contributed by atoms with E-state index in [-0.39, 0.29) is 0 Å². The summed E-state index contributed by atoms with van der Waals surface area (Å²) in [5, 5.41) is 3.62. The largest absolute Gasteiger partial charge is 0.382 e. The lowest BCUT2D eigenvalue weighted by Gasteiger charge is -2.18. The van der Waals surface area contributed by atoms with E-state index in [1.165, 1.54) is 50.6 Å². The van der Waals surface area contributed by atoms with Gasteiger partial charge in [-0.15, -0.1) is 0 Å². The van der Waals surface area contributed by atoms with Gasteiger partial charge in [-0.2, -0.15) is 0 Å². The SMILES string of the molecule is CCCCCCCC(CC)Nc1ccccc1. The van der Waals surface area contributed by atoms with Crippen LogP contribution in [0.15, 0.2) is 30.3 Å². The summed E-state index contributed by atoms with van der Waals surface area (Å²) in [4.78, 5) is 0. The van der Waals surface area contributed by atoms with E-state index in [1.54, 1.807) is 0 Å². The zero-order valence-electron chi connectivity index (χ0n) is 11.4. The molecule has 0 spiro atoms. The van der Waals surface area contributed by atoms with E-state index < -0.39 is 0 Å². The van der Waals surface area contributed by atoms with Gasteiger partial charge in [0.2, 0.25) is 0 Å². The summed E-state index contributed by atoms with van der Waals surface area (Å²) in [5.41, 5.74) is 1.26. The van der Waals surface area contributed by atoms with Crippen molar-refractivity contribution in [3.05, 3.63) is 30.3 Å². The van der Waals surface area contributed by atoms with Crippen LogP contribution in [-0.4, -0.2) is 6.04 Å². The van der Waals surface area contributed by atoms with Gasteiger partial charge in [-0.25, -0.2) is 0 Å². The normalized spacial score (nSPS) is 12.4. The Kier molecular flexibility index (Phi) is 7.53. The summed E-state index contributed by atoms with van der Waals surface area (Å²) in [5.74, 6) is 0. The number of nitrogens with one attached hydrogen (secondary N) is 1. The van der Waals surface area contributed by atoms with E-state index in [4.69, 9.17) is 0 Å². The average molecular weight is 233 g/mol. The van der Waals surface area contributed by atoms with Gasteiger partial charge in [0.25, 0.3) is 0 Å². The van der Waals surface area contributed by atoms with Crippen LogP contribution in [0.3, 0.4) is 0 Å². The van der Waals surface area contributed by atoms with Gasteiger partial charge in [0.15, 0.2) is 0 Å². The summed E-state index contributed by atoms with van der Waals surface area (Å²) < 4.78 is 0. The first kappa shape index (κ1) is 14.1. The molecular weight excluding hydrogens is 206 g/mol. The monoisotopic (exact) mass is 233 g/mol. The standard InChI is InChI=1S/C16H27N/c1-3-5-6-7-9-12-15(4-2)17-16-13-10-8-11-14-16/h8,10-11,13-15,17H,3-7,9,12H2,1-2H3. The van der Waals surface area contributed by atoms with E-state index in [1.807, 2.05) is 0 Å². The zero-order chi connectivity index (χ0) is 12.3. The van der Waals surface area contributed by atoms with Crippen LogP contribution < -0.4 is 5.32 Å². The van der Waals surface area contributed by atoms with Crippen LogP contribution in [0.25, 0.3) is 0 Å². The maximum Gasteiger partial charge on any atom is 0.0342 e. The van der Waals surface area contributed by atoms with Crippen molar-refractivity contribution in [3.63, 3.8) is 0 Å². The van der Waals surface area contributed by atoms with Gasteiger partial charge in [0, 0.05) is 11.7 Å². The minimum Gasteiger partial charge on any atom is -0.382 e. The number of para-hydroxylation sites is 1. The number of hydrogen-bond donors (Lipinski definition) is 1. The lowest BCUT2D eigenvalue weighted by atomic mass is 10.0. The van der Waals surface area contributed by atoms with Crippen LogP contribution in [0.4, 0.5) is 5.69 Å². The van der Waals surface area contributed by atoms with Crippen LogP contribution in [-0.2, 0) is 0 Å². The highest BCUT2D eigenvalue weighted by Gasteiger charge is 2.05. The third-order valence-corrected chi connectivity index (χ3v) is 3.29. The molecule has 0 amide bonds. The summed E-state index contributed by atoms with van der Waals surface area (Å²) >= 11 is 0. The third kappa shape index (κ3) is 6.35. The Morgan fingerprint density at radius 2 is 1.65 bits per heavy atom. The van der Waals surface area contributed by atoms with Gasteiger partial charge in [-0.05, 0) is 25.0 Å². The maximum absolute atomic E-state index is 3.62. The molecule has 0 heterocycles. The molecule has 0 bridgehead atoms. The Hall–Kier alpha value is -0.980. The number of unbranched alkanes of at least 4 members (excludes halogenated alkanes) is 4. The van der Waals surface area contributed by atoms with Crippen molar-refractivity contribution >= 4 is 5.69 Å². The second-order valence-corrected chi connectivity index (χ2v) is 4.82. The first-order chi connectivity index (χ1) is 8.36. The van der Waals surface area contributed by atoms with Crippen molar-refractivity contribution < 1.29 is 0 Å². The minimum atomic E-state index is 0.638. The average Bonchev–Trinajstić information content (AvgIpc) is 2.38. The van der Waals surface area contributed by atoms with Crippen LogP contribution in [0.2, 0.25) is 0 Å². The van der Waals surface area contributed by atoms with Gasteiger partial charge in [0.05, 0.1) is 0 Å². The predicted octanol–water partition coefficient (Wildman–Crippen LogP) is 5.24. The first-order valence-corrected chi connectivity index (χ1v) is 7.18. The molecule has 0 fully saturated rings. The summed E-state index contributed by atoms with van der Waals surface area (Å²) in [6.45, 7) is 4.54. The molecule has 0 radical (unpaired) electrons. The summed E-state index contributed by atoms with van der Waals surface area (Å²) in [6, 6.07) is 11.2. The predicted molar refractivity (Wildman–Crippen MR) is 77.5 cm³/mol. The summed E-state index contributed by atoms with van der Waals surface area (Å²) in [6.07, 6.45) is 9.39. The molecular formula is C16H27N. The molecule has 1 rings (SSSR count). The molecule has 0 saturated carbocycles. The highest BCUT2D eigenvalue weighted by atomic mass is 14.9. The van der Waals surface area contributed by atoms with Crippen LogP contribution >= 0.6 is 0 Å². The molecule has 1 unspecified atom stereocenters. The number of benzene rings is 1. The fourth-order valence-corrected chi connectivity index (χ4v) is 2.14. The minimum absolute atomic E-state index is 0.638. The van der Waals surface area contributed by atoms with Crippen LogP contribution in [0.1, 0.15) is 58.8 Å². The van der Waals surface area contributed by atoms with Gasteiger partial charge in [0.1, 0.15) is 0 Å². The molecule has 0 aliphatic rings. The van der Waals surface area contributed by atoms with Crippen LogP contribution in [0.5, 0.6) is 0 Å². The molecule has 1 N–H and O–H groups in total. The highest BCUT2D eigenvalue weighted by molar-refractivity contribution is 5.43. The number of rotatable bonds is 9. The van der Waals surface area contributed by atoms with E-state index >= 15 is 0 Å². The molecule has 96 valence electrons. The molecule has 0 aromatic heterocycles. The molecule has 1 aromatic carbocycles. The fraction of sp³-hybridized carbons (Fsp3) is 0.625. The van der Waals surface area contributed by atoms with Gasteiger partial charge in [-0.1, -0.05) is 64.2 Å². The van der Waals surface area contributed by atoms with Crippen molar-refractivity contribution in [1.29, 1.82) is 0 Å². The van der Waals surface area contributed by atoms with Crippen LogP contribution in [0, 0.1) is 0 Å². The van der Waals surface area contributed by atoms with Crippen molar-refractivity contribution in [2.45, 2.75) is 64.8 Å². The summed E-state index contributed by atoms with van der Waals surface area (Å²) in [7, 11) is 0. The van der Waals surface area contributed by atoms with E-state index in [0.29, 0.717) is 6.04 Å². The first-order valence-electron chi connectivity index (χ1n) is 7.18. The fourth-order valence-electron chi connectivity index (χ4n) is 2.14. The molecule has 1 atom stereocenters. The zero-order valence-corrected chi connectivity index (χ0v) is 11.4. The number of anilines is 1. The molecule has 1 nitrogen and oxygen atoms in total. The third-order valence-electron chi connectivity index (χ3n) is 3.29. The Morgan fingerprint density at radius 3 is 2.29 bits per heavy atom. The van der Waals surface area contributed by atoms with E-state index in [0.717, 1.165) is 0 Å². The molecule has 0 saturated heterocycles. The van der Waals surface area contributed by atoms with Crippen molar-refractivity contribution in [2.75, 3.05) is 5.32 Å². The smallest absolute Gasteiger partial charge is 0.0342 e. The topological polar surface area (TPSA) is 12.0 Å². The van der Waals surface area contributed by atoms with Crippen molar-refractivity contribution in [2.24, 2.45) is 0 Å². The maximum atomic E-state index is 3.62. The highest BCUT2D eigenvalue weighted by Crippen LogP contribution is 2.14. The molecule has 1 heteroatoms. The van der Waals surface area contributed by atoms with Gasteiger partial charge < -0.3 is 5.32 Å². The Labute approximate surface area is 107 Å². The quantitative estimate of drug-likeness (QED) is 0.575. The van der Waals surface area contributed by atoms with Crippen molar-refractivity contribution in [3.8, 4) is 0 Å². The van der Waals surface area contributed by atoms with E-state index in [2.05, 4.69) is 49.5 Å². The lowest BCUT2D eigenvalue weighted by Crippen LogP contribution is -2.18. The van der Waals surface area contributed by atoms with Gasteiger partial charge in [-0.3, -0.25) is 0 Å². The molecule has 1 aromatic rings.